The molecule has 0 amide bonds. The van der Waals surface area contributed by atoms with Gasteiger partial charge < -0.3 is 5.32 Å². The average Bonchev–Trinajstić information content (AvgIpc) is 1.69. The van der Waals surface area contributed by atoms with Gasteiger partial charge in [0.15, 0.2) is 0 Å². The Balaban J connectivity index is 2.12. The molecule has 3 heteroatoms. The van der Waals surface area contributed by atoms with E-state index in [-0.39, 0.29) is 5.50 Å². The highest BCUT2D eigenvalue weighted by Gasteiger charge is 2.05. The van der Waals surface area contributed by atoms with E-state index in [0.29, 0.717) is 0 Å². The SMILES string of the molecule is ClC1CNC[CH]N1. The summed E-state index contributed by atoms with van der Waals surface area (Å²) in [5, 5.41) is 6.04. The maximum Gasteiger partial charge on any atom is 0.0954 e. The summed E-state index contributed by atoms with van der Waals surface area (Å²) < 4.78 is 0. The molecule has 1 saturated heterocycles. The minimum atomic E-state index is 0.0914. The van der Waals surface area contributed by atoms with Crippen LogP contribution >= 0.6 is 11.6 Å². The molecule has 1 rings (SSSR count). The Morgan fingerprint density at radius 3 is 2.86 bits per heavy atom. The van der Waals surface area contributed by atoms with Crippen molar-refractivity contribution >= 4 is 11.6 Å². The highest BCUT2D eigenvalue weighted by Crippen LogP contribution is 1.92. The van der Waals surface area contributed by atoms with E-state index in [1.165, 1.54) is 0 Å². The molecule has 1 fully saturated rings. The minimum absolute atomic E-state index is 0.0914. The topological polar surface area (TPSA) is 24.1 Å². The van der Waals surface area contributed by atoms with Crippen LogP contribution in [0.2, 0.25) is 0 Å². The van der Waals surface area contributed by atoms with Gasteiger partial charge in [0.05, 0.1) is 5.50 Å². The Labute approximate surface area is 48.2 Å². The summed E-state index contributed by atoms with van der Waals surface area (Å²) >= 11 is 5.61. The van der Waals surface area contributed by atoms with Gasteiger partial charge in [-0.05, 0) is 0 Å². The number of halogens is 1. The second-order valence-electron chi connectivity index (χ2n) is 1.50. The third kappa shape index (κ3) is 1.63. The molecule has 1 aliphatic rings. The molecule has 7 heavy (non-hydrogen) atoms. The number of rotatable bonds is 0. The van der Waals surface area contributed by atoms with E-state index >= 15 is 0 Å². The predicted octanol–water partition coefficient (Wildman–Crippen LogP) is -0.0941. The molecule has 1 unspecified atom stereocenters. The first-order valence-corrected chi connectivity index (χ1v) is 2.76. The molecule has 2 N–H and O–H groups in total. The average molecular weight is 120 g/mol. The number of hydrogen-bond donors (Lipinski definition) is 2. The third-order valence-corrected chi connectivity index (χ3v) is 1.15. The van der Waals surface area contributed by atoms with E-state index < -0.39 is 0 Å². The van der Waals surface area contributed by atoms with Crippen molar-refractivity contribution in [3.8, 4) is 0 Å². The molecule has 0 aromatic rings. The summed E-state index contributed by atoms with van der Waals surface area (Å²) in [6.45, 7) is 3.70. The normalized spacial score (nSPS) is 33.0. The van der Waals surface area contributed by atoms with Crippen LogP contribution in [0.4, 0.5) is 0 Å². The number of nitrogens with one attached hydrogen (secondary N) is 2. The van der Waals surface area contributed by atoms with Crippen LogP contribution in [0.5, 0.6) is 0 Å². The smallest absolute Gasteiger partial charge is 0.0954 e. The van der Waals surface area contributed by atoms with Crippen molar-refractivity contribution in [3.05, 3.63) is 6.54 Å². The number of hydrogen-bond acceptors (Lipinski definition) is 2. The van der Waals surface area contributed by atoms with Gasteiger partial charge in [0.25, 0.3) is 0 Å². The monoisotopic (exact) mass is 119 g/mol. The molecule has 1 radical (unpaired) electrons. The maximum atomic E-state index is 5.61. The summed E-state index contributed by atoms with van der Waals surface area (Å²) in [5.74, 6) is 0. The van der Waals surface area contributed by atoms with Crippen LogP contribution in [0.3, 0.4) is 0 Å². The lowest BCUT2D eigenvalue weighted by molar-refractivity contribution is 0.555. The summed E-state index contributed by atoms with van der Waals surface area (Å²) in [4.78, 5) is 0. The zero-order chi connectivity index (χ0) is 5.11. The first kappa shape index (κ1) is 5.35. The van der Waals surface area contributed by atoms with Crippen molar-refractivity contribution in [2.24, 2.45) is 0 Å². The predicted molar refractivity (Wildman–Crippen MR) is 29.9 cm³/mol. The van der Waals surface area contributed by atoms with Crippen LogP contribution in [0.25, 0.3) is 0 Å². The number of alkyl halides is 1. The Morgan fingerprint density at radius 1 is 1.71 bits per heavy atom. The van der Waals surface area contributed by atoms with Crippen molar-refractivity contribution in [3.63, 3.8) is 0 Å². The first-order chi connectivity index (χ1) is 3.39. The molecule has 1 heterocycles. The Morgan fingerprint density at radius 2 is 2.57 bits per heavy atom. The zero-order valence-corrected chi connectivity index (χ0v) is 4.70. The molecule has 0 bridgehead atoms. The lowest BCUT2D eigenvalue weighted by Crippen LogP contribution is -2.41. The molecule has 2 nitrogen and oxygen atoms in total. The summed E-state index contributed by atoms with van der Waals surface area (Å²) in [6, 6.07) is 0. The second kappa shape index (κ2) is 2.50. The van der Waals surface area contributed by atoms with E-state index in [9.17, 15) is 0 Å². The maximum absolute atomic E-state index is 5.61. The van der Waals surface area contributed by atoms with Gasteiger partial charge in [0.1, 0.15) is 0 Å². The van der Waals surface area contributed by atoms with Crippen LogP contribution in [0.15, 0.2) is 0 Å². The highest BCUT2D eigenvalue weighted by atomic mass is 35.5. The van der Waals surface area contributed by atoms with Crippen molar-refractivity contribution in [1.82, 2.24) is 10.6 Å². The van der Waals surface area contributed by atoms with Crippen molar-refractivity contribution in [1.29, 1.82) is 0 Å². The molecule has 41 valence electrons. The summed E-state index contributed by atoms with van der Waals surface area (Å²) in [5.41, 5.74) is 0.0914. The van der Waals surface area contributed by atoms with Gasteiger partial charge in [-0.3, -0.25) is 5.32 Å². The van der Waals surface area contributed by atoms with Gasteiger partial charge in [0, 0.05) is 19.6 Å². The molecule has 0 spiro atoms. The van der Waals surface area contributed by atoms with Gasteiger partial charge in [-0.25, -0.2) is 0 Å². The first-order valence-electron chi connectivity index (χ1n) is 2.32. The fourth-order valence-electron chi connectivity index (χ4n) is 0.528. The fraction of sp³-hybridized carbons (Fsp3) is 0.750. The standard InChI is InChI=1S/C4H8ClN2/c5-4-3-6-1-2-7-4/h2,4,6-7H,1,3H2. The number of piperazine rings is 1. The second-order valence-corrected chi connectivity index (χ2v) is 2.02. The Bertz CT molecular complexity index is 51.7. The van der Waals surface area contributed by atoms with Gasteiger partial charge in [-0.15, -0.1) is 11.6 Å². The van der Waals surface area contributed by atoms with Gasteiger partial charge in [0.2, 0.25) is 0 Å². The van der Waals surface area contributed by atoms with Crippen LogP contribution in [0, 0.1) is 6.54 Å². The zero-order valence-electron chi connectivity index (χ0n) is 3.95. The van der Waals surface area contributed by atoms with Crippen LogP contribution < -0.4 is 10.6 Å². The summed E-state index contributed by atoms with van der Waals surface area (Å²) in [6.07, 6.45) is 0. The lowest BCUT2D eigenvalue weighted by atomic mass is 10.4. The molecule has 0 aromatic carbocycles. The molecule has 0 aromatic heterocycles. The van der Waals surface area contributed by atoms with E-state index in [1.807, 2.05) is 6.54 Å². The molecular formula is C4H8ClN2. The molecule has 0 saturated carbocycles. The quantitative estimate of drug-likeness (QED) is 0.344. The fourth-order valence-corrected chi connectivity index (χ4v) is 0.726. The van der Waals surface area contributed by atoms with Crippen LogP contribution in [-0.2, 0) is 0 Å². The Hall–Kier alpha value is 0.210. The van der Waals surface area contributed by atoms with Crippen LogP contribution in [0.1, 0.15) is 0 Å². The third-order valence-electron chi connectivity index (χ3n) is 0.869. The molecule has 0 aliphatic carbocycles. The van der Waals surface area contributed by atoms with E-state index in [0.717, 1.165) is 13.1 Å². The summed E-state index contributed by atoms with van der Waals surface area (Å²) in [7, 11) is 0. The van der Waals surface area contributed by atoms with E-state index in [4.69, 9.17) is 11.6 Å². The van der Waals surface area contributed by atoms with Gasteiger partial charge in [-0.1, -0.05) is 0 Å². The molecule has 1 atom stereocenters. The molecule has 1 aliphatic heterocycles. The van der Waals surface area contributed by atoms with Crippen molar-refractivity contribution < 1.29 is 0 Å². The molecular weight excluding hydrogens is 112 g/mol. The van der Waals surface area contributed by atoms with Gasteiger partial charge >= 0.3 is 0 Å². The highest BCUT2D eigenvalue weighted by molar-refractivity contribution is 6.20. The van der Waals surface area contributed by atoms with Crippen molar-refractivity contribution in [2.75, 3.05) is 13.1 Å². The van der Waals surface area contributed by atoms with Crippen LogP contribution in [-0.4, -0.2) is 18.6 Å². The van der Waals surface area contributed by atoms with E-state index in [1.54, 1.807) is 0 Å². The van der Waals surface area contributed by atoms with Crippen molar-refractivity contribution in [2.45, 2.75) is 5.50 Å². The minimum Gasteiger partial charge on any atom is -0.312 e. The lowest BCUT2D eigenvalue weighted by Gasteiger charge is -2.17. The Kier molecular flexibility index (Phi) is 1.91. The van der Waals surface area contributed by atoms with E-state index in [2.05, 4.69) is 10.6 Å². The largest absolute Gasteiger partial charge is 0.312 e. The van der Waals surface area contributed by atoms with Gasteiger partial charge in [-0.2, -0.15) is 0 Å².